The van der Waals surface area contributed by atoms with Gasteiger partial charge in [-0.25, -0.2) is 0 Å². The Morgan fingerprint density at radius 2 is 1.52 bits per heavy atom. The molecule has 3 heteroatoms. The molecule has 0 saturated heterocycles. The molecule has 1 unspecified atom stereocenters. The second-order valence-electron chi connectivity index (χ2n) is 7.82. The van der Waals surface area contributed by atoms with Crippen molar-refractivity contribution in [2.75, 3.05) is 14.2 Å². The first-order valence-corrected chi connectivity index (χ1v) is 10.7. The maximum Gasteiger partial charge on any atom is 0.355 e. The Morgan fingerprint density at radius 3 is 2.08 bits per heavy atom. The number of hydrogen-bond acceptors (Lipinski definition) is 2. The predicted octanol–water partition coefficient (Wildman–Crippen LogP) is 5.93. The van der Waals surface area contributed by atoms with Crippen LogP contribution in [0.5, 0.6) is 0 Å². The zero-order chi connectivity index (χ0) is 18.2. The summed E-state index contributed by atoms with van der Waals surface area (Å²) in [5.41, 5.74) is 6.73. The monoisotopic (exact) mass is 352 g/mol. The van der Waals surface area contributed by atoms with E-state index in [0.29, 0.717) is 0 Å². The molecule has 2 aromatic rings. The molecule has 0 aliphatic heterocycles. The third kappa shape index (κ3) is 2.80. The number of allylic oxidation sites excluding steroid dienone is 1. The smallest absolute Gasteiger partial charge is 0.355 e. The van der Waals surface area contributed by atoms with E-state index < -0.39 is 8.56 Å². The van der Waals surface area contributed by atoms with Crippen molar-refractivity contribution in [2.45, 2.75) is 38.3 Å². The summed E-state index contributed by atoms with van der Waals surface area (Å²) in [6.07, 6.45) is 2.33. The lowest BCUT2D eigenvalue weighted by Crippen LogP contribution is -2.54. The number of rotatable bonds is 4. The summed E-state index contributed by atoms with van der Waals surface area (Å²) in [5.74, 6) is 0. The van der Waals surface area contributed by atoms with Gasteiger partial charge in [0.15, 0.2) is 0 Å². The summed E-state index contributed by atoms with van der Waals surface area (Å²) in [6, 6.07) is 17.2. The van der Waals surface area contributed by atoms with Crippen molar-refractivity contribution in [1.82, 2.24) is 0 Å². The molecule has 0 heterocycles. The Hall–Kier alpha value is -1.68. The molecule has 1 aliphatic rings. The van der Waals surface area contributed by atoms with Crippen LogP contribution in [0.4, 0.5) is 0 Å². The average Bonchev–Trinajstić information content (AvgIpc) is 2.93. The molecule has 25 heavy (non-hydrogen) atoms. The minimum absolute atomic E-state index is 0.0410. The highest BCUT2D eigenvalue weighted by atomic mass is 28.4. The van der Waals surface area contributed by atoms with Gasteiger partial charge in [-0.1, -0.05) is 81.0 Å². The number of hydrogen-bond donors (Lipinski definition) is 0. The van der Waals surface area contributed by atoms with Crippen LogP contribution in [0.25, 0.3) is 17.2 Å². The molecule has 0 spiro atoms. The van der Waals surface area contributed by atoms with E-state index in [4.69, 9.17) is 8.85 Å². The minimum atomic E-state index is -2.52. The third-order valence-electron chi connectivity index (χ3n) is 5.39. The van der Waals surface area contributed by atoms with Gasteiger partial charge in [-0.3, -0.25) is 0 Å². The summed E-state index contributed by atoms with van der Waals surface area (Å²) in [7, 11) is 1.11. The van der Waals surface area contributed by atoms with E-state index in [9.17, 15) is 0 Å². The van der Waals surface area contributed by atoms with Crippen molar-refractivity contribution in [3.63, 3.8) is 0 Å². The summed E-state index contributed by atoms with van der Waals surface area (Å²) in [4.78, 5) is 0. The van der Waals surface area contributed by atoms with Gasteiger partial charge in [-0.15, -0.1) is 0 Å². The number of fused-ring (bicyclic) bond motifs is 1. The van der Waals surface area contributed by atoms with E-state index >= 15 is 0 Å². The molecule has 2 nitrogen and oxygen atoms in total. The molecule has 0 radical (unpaired) electrons. The Bertz CT molecular complexity index is 783. The summed E-state index contributed by atoms with van der Waals surface area (Å²) >= 11 is 0. The zero-order valence-electron chi connectivity index (χ0n) is 16.1. The van der Waals surface area contributed by atoms with Crippen molar-refractivity contribution >= 4 is 14.6 Å². The standard InChI is InChI=1S/C22H28O2Si/c1-16-15-20-18(17-11-8-7-9-12-17)13-10-14-19(20)21(16)25(23-5,24-6)22(2,3)4/h7-15,21H,1-6H3. The van der Waals surface area contributed by atoms with Crippen molar-refractivity contribution < 1.29 is 8.85 Å². The van der Waals surface area contributed by atoms with Gasteiger partial charge in [-0.2, -0.15) is 0 Å². The predicted molar refractivity (Wildman–Crippen MR) is 108 cm³/mol. The molecule has 0 N–H and O–H groups in total. The summed E-state index contributed by atoms with van der Waals surface area (Å²) < 4.78 is 12.4. The second-order valence-corrected chi connectivity index (χ2v) is 12.1. The normalized spacial score (nSPS) is 17.4. The summed E-state index contributed by atoms with van der Waals surface area (Å²) in [5, 5.41) is -0.0410. The van der Waals surface area contributed by atoms with Crippen LogP contribution >= 0.6 is 0 Å². The van der Waals surface area contributed by atoms with Crippen LogP contribution < -0.4 is 0 Å². The third-order valence-corrected chi connectivity index (χ3v) is 10.2. The lowest BCUT2D eigenvalue weighted by atomic mass is 9.97. The molecular formula is C22H28O2Si. The first kappa shape index (κ1) is 18.1. The topological polar surface area (TPSA) is 18.5 Å². The van der Waals surface area contributed by atoms with Gasteiger partial charge in [0.25, 0.3) is 0 Å². The summed E-state index contributed by atoms with van der Waals surface area (Å²) in [6.45, 7) is 8.92. The van der Waals surface area contributed by atoms with Gasteiger partial charge in [0.2, 0.25) is 0 Å². The van der Waals surface area contributed by atoms with Crippen LogP contribution in [-0.4, -0.2) is 22.8 Å². The molecule has 132 valence electrons. The van der Waals surface area contributed by atoms with Crippen molar-refractivity contribution in [1.29, 1.82) is 0 Å². The highest BCUT2D eigenvalue weighted by Crippen LogP contribution is 2.53. The molecule has 2 aromatic carbocycles. The molecule has 0 fully saturated rings. The van der Waals surface area contributed by atoms with Crippen LogP contribution in [0.3, 0.4) is 0 Å². The van der Waals surface area contributed by atoms with Crippen LogP contribution in [0, 0.1) is 0 Å². The van der Waals surface area contributed by atoms with Gasteiger partial charge in [-0.05, 0) is 29.2 Å². The van der Waals surface area contributed by atoms with E-state index in [0.717, 1.165) is 0 Å². The fraction of sp³-hybridized carbons (Fsp3) is 0.364. The molecule has 3 rings (SSSR count). The SMILES string of the molecule is CO[Si](OC)(C1C(C)=Cc2c(-c3ccccc3)cccc21)C(C)(C)C. The highest BCUT2D eigenvalue weighted by molar-refractivity contribution is 6.73. The van der Waals surface area contributed by atoms with E-state index in [1.807, 2.05) is 14.2 Å². The van der Waals surface area contributed by atoms with Gasteiger partial charge < -0.3 is 8.85 Å². The first-order chi connectivity index (χ1) is 11.9. The van der Waals surface area contributed by atoms with Crippen molar-refractivity contribution in [3.8, 4) is 11.1 Å². The first-order valence-electron chi connectivity index (χ1n) is 8.82. The molecule has 0 bridgehead atoms. The van der Waals surface area contributed by atoms with Gasteiger partial charge in [0, 0.05) is 24.8 Å². The Balaban J connectivity index is 2.20. The van der Waals surface area contributed by atoms with Gasteiger partial charge >= 0.3 is 8.56 Å². The van der Waals surface area contributed by atoms with Crippen molar-refractivity contribution in [3.05, 3.63) is 65.2 Å². The molecule has 1 aliphatic carbocycles. The maximum atomic E-state index is 6.18. The van der Waals surface area contributed by atoms with Crippen LogP contribution in [0.2, 0.25) is 5.04 Å². The van der Waals surface area contributed by atoms with Crippen LogP contribution in [-0.2, 0) is 8.85 Å². The van der Waals surface area contributed by atoms with Gasteiger partial charge in [0.1, 0.15) is 0 Å². The van der Waals surface area contributed by atoms with E-state index in [-0.39, 0.29) is 10.6 Å². The van der Waals surface area contributed by atoms with E-state index in [1.54, 1.807) is 0 Å². The lowest BCUT2D eigenvalue weighted by molar-refractivity contribution is 0.206. The van der Waals surface area contributed by atoms with Gasteiger partial charge in [0.05, 0.1) is 0 Å². The quantitative estimate of drug-likeness (QED) is 0.635. The molecule has 0 aromatic heterocycles. The maximum absolute atomic E-state index is 6.18. The lowest BCUT2D eigenvalue weighted by Gasteiger charge is -2.44. The molecular weight excluding hydrogens is 324 g/mol. The molecule has 0 amide bonds. The Kier molecular flexibility index (Phi) is 4.75. The van der Waals surface area contributed by atoms with E-state index in [2.05, 4.69) is 82.3 Å². The highest BCUT2D eigenvalue weighted by Gasteiger charge is 2.57. The fourth-order valence-corrected chi connectivity index (χ4v) is 8.36. The number of benzene rings is 2. The Morgan fingerprint density at radius 1 is 0.880 bits per heavy atom. The minimum Gasteiger partial charge on any atom is -0.397 e. The molecule has 1 atom stereocenters. The zero-order valence-corrected chi connectivity index (χ0v) is 17.1. The fourth-order valence-electron chi connectivity index (χ4n) is 4.29. The van der Waals surface area contributed by atoms with Crippen LogP contribution in [0.1, 0.15) is 44.4 Å². The van der Waals surface area contributed by atoms with Crippen molar-refractivity contribution in [2.24, 2.45) is 0 Å². The Labute approximate surface area is 152 Å². The second kappa shape index (κ2) is 6.56. The average molecular weight is 353 g/mol. The molecule has 0 saturated carbocycles. The van der Waals surface area contributed by atoms with E-state index in [1.165, 1.54) is 27.8 Å². The van der Waals surface area contributed by atoms with Crippen LogP contribution in [0.15, 0.2) is 54.1 Å². The largest absolute Gasteiger partial charge is 0.397 e.